The number of nitrogens with zero attached hydrogens (tertiary/aromatic N) is 3. The number of aromatic nitrogens is 2. The molecule has 6 heteroatoms. The number of carbonyl (C=O) groups is 1. The van der Waals surface area contributed by atoms with Gasteiger partial charge >= 0.3 is 0 Å². The van der Waals surface area contributed by atoms with Crippen molar-refractivity contribution >= 4 is 5.91 Å². The number of rotatable bonds is 5. The van der Waals surface area contributed by atoms with Crippen LogP contribution in [0.15, 0.2) is 28.9 Å². The third-order valence-electron chi connectivity index (χ3n) is 4.04. The summed E-state index contributed by atoms with van der Waals surface area (Å²) in [6.07, 6.45) is 3.43. The highest BCUT2D eigenvalue weighted by Gasteiger charge is 2.33. The number of pyridine rings is 1. The zero-order chi connectivity index (χ0) is 17.1. The molecule has 0 radical (unpaired) electrons. The summed E-state index contributed by atoms with van der Waals surface area (Å²) in [6.45, 7) is 7.37. The molecule has 0 unspecified atom stereocenters. The highest BCUT2D eigenvalue weighted by molar-refractivity contribution is 5.94. The molecular weight excluding hydrogens is 306 g/mol. The Morgan fingerprint density at radius 3 is 2.92 bits per heavy atom. The fourth-order valence-corrected chi connectivity index (χ4v) is 2.86. The van der Waals surface area contributed by atoms with Gasteiger partial charge in [0.15, 0.2) is 5.76 Å². The standard InChI is InChI=1S/C18H23N3O3/c1-12(2)11-23-17-7-6-14(10-19-17)18(22)21-8-4-5-15(21)16-9-13(3)20-24-16/h6-7,9-10,12,15H,4-5,8,11H2,1-3H3/t15-/m0/s1. The smallest absolute Gasteiger partial charge is 0.256 e. The van der Waals surface area contributed by atoms with E-state index in [2.05, 4.69) is 24.0 Å². The quantitative estimate of drug-likeness (QED) is 0.841. The number of hydrogen-bond acceptors (Lipinski definition) is 5. The second-order valence-corrected chi connectivity index (χ2v) is 6.62. The molecule has 2 aromatic heterocycles. The monoisotopic (exact) mass is 329 g/mol. The van der Waals surface area contributed by atoms with Crippen molar-refractivity contribution < 1.29 is 14.1 Å². The van der Waals surface area contributed by atoms with E-state index < -0.39 is 0 Å². The van der Waals surface area contributed by atoms with Gasteiger partial charge < -0.3 is 14.2 Å². The zero-order valence-electron chi connectivity index (χ0n) is 14.4. The van der Waals surface area contributed by atoms with Gasteiger partial charge in [-0.1, -0.05) is 19.0 Å². The second-order valence-electron chi connectivity index (χ2n) is 6.62. The van der Waals surface area contributed by atoms with Crippen LogP contribution in [0.2, 0.25) is 0 Å². The third-order valence-corrected chi connectivity index (χ3v) is 4.04. The van der Waals surface area contributed by atoms with Crippen LogP contribution in [0.4, 0.5) is 0 Å². The van der Waals surface area contributed by atoms with Crippen LogP contribution in [0.3, 0.4) is 0 Å². The minimum Gasteiger partial charge on any atom is -0.477 e. The summed E-state index contributed by atoms with van der Waals surface area (Å²) in [6, 6.07) is 5.37. The first-order chi connectivity index (χ1) is 11.5. The molecule has 128 valence electrons. The Kier molecular flexibility index (Phi) is 4.83. The normalized spacial score (nSPS) is 17.5. The molecule has 24 heavy (non-hydrogen) atoms. The Morgan fingerprint density at radius 1 is 1.46 bits per heavy atom. The van der Waals surface area contributed by atoms with Crippen LogP contribution in [0.1, 0.15) is 54.5 Å². The Morgan fingerprint density at radius 2 is 2.29 bits per heavy atom. The molecule has 1 atom stereocenters. The molecule has 1 aliphatic heterocycles. The third kappa shape index (κ3) is 3.58. The van der Waals surface area contributed by atoms with E-state index in [-0.39, 0.29) is 11.9 Å². The molecule has 3 heterocycles. The zero-order valence-corrected chi connectivity index (χ0v) is 14.4. The second kappa shape index (κ2) is 7.03. The van der Waals surface area contributed by atoms with Crippen LogP contribution in [0, 0.1) is 12.8 Å². The predicted molar refractivity (Wildman–Crippen MR) is 88.8 cm³/mol. The highest BCUT2D eigenvalue weighted by Crippen LogP contribution is 2.33. The van der Waals surface area contributed by atoms with E-state index in [1.807, 2.05) is 17.9 Å². The highest BCUT2D eigenvalue weighted by atomic mass is 16.5. The van der Waals surface area contributed by atoms with E-state index in [1.54, 1.807) is 18.3 Å². The van der Waals surface area contributed by atoms with E-state index in [1.165, 1.54) is 0 Å². The lowest BCUT2D eigenvalue weighted by molar-refractivity contribution is 0.0714. The van der Waals surface area contributed by atoms with Gasteiger partial charge in [-0.05, 0) is 31.7 Å². The average molecular weight is 329 g/mol. The lowest BCUT2D eigenvalue weighted by atomic mass is 10.1. The number of hydrogen-bond donors (Lipinski definition) is 0. The Labute approximate surface area is 141 Å². The number of carbonyl (C=O) groups excluding carboxylic acids is 1. The Balaban J connectivity index is 1.71. The van der Waals surface area contributed by atoms with Gasteiger partial charge in [0.05, 0.1) is 23.9 Å². The summed E-state index contributed by atoms with van der Waals surface area (Å²) < 4.78 is 10.9. The van der Waals surface area contributed by atoms with E-state index in [4.69, 9.17) is 9.26 Å². The topological polar surface area (TPSA) is 68.5 Å². The fraction of sp³-hybridized carbons (Fsp3) is 0.500. The molecule has 1 fully saturated rings. The van der Waals surface area contributed by atoms with Crippen molar-refractivity contribution in [2.24, 2.45) is 5.92 Å². The SMILES string of the molecule is Cc1cc([C@@H]2CCCN2C(=O)c2ccc(OCC(C)C)nc2)on1. The van der Waals surface area contributed by atoms with Gasteiger partial charge in [0.25, 0.3) is 5.91 Å². The minimum atomic E-state index is -0.0458. The summed E-state index contributed by atoms with van der Waals surface area (Å²) in [5, 5.41) is 3.93. The molecule has 3 rings (SSSR count). The minimum absolute atomic E-state index is 0.0329. The first kappa shape index (κ1) is 16.5. The molecule has 0 aliphatic carbocycles. The molecule has 0 saturated carbocycles. The van der Waals surface area contributed by atoms with Crippen LogP contribution in [0.5, 0.6) is 5.88 Å². The molecule has 0 aromatic carbocycles. The van der Waals surface area contributed by atoms with Gasteiger partial charge in [0.2, 0.25) is 5.88 Å². The predicted octanol–water partition coefficient (Wildman–Crippen LogP) is 3.39. The lowest BCUT2D eigenvalue weighted by Gasteiger charge is -2.22. The molecule has 0 spiro atoms. The summed E-state index contributed by atoms with van der Waals surface area (Å²) in [5.41, 5.74) is 1.40. The van der Waals surface area contributed by atoms with E-state index >= 15 is 0 Å². The van der Waals surface area contributed by atoms with Crippen molar-refractivity contribution in [3.05, 3.63) is 41.4 Å². The van der Waals surface area contributed by atoms with Crippen LogP contribution in [-0.2, 0) is 0 Å². The molecular formula is C18H23N3O3. The Bertz CT molecular complexity index is 694. The van der Waals surface area contributed by atoms with E-state index in [9.17, 15) is 4.79 Å². The first-order valence-corrected chi connectivity index (χ1v) is 8.37. The van der Waals surface area contributed by atoms with Crippen molar-refractivity contribution in [3.8, 4) is 5.88 Å². The maximum atomic E-state index is 12.8. The van der Waals surface area contributed by atoms with Crippen molar-refractivity contribution in [1.29, 1.82) is 0 Å². The van der Waals surface area contributed by atoms with Crippen molar-refractivity contribution in [2.75, 3.05) is 13.2 Å². The first-order valence-electron chi connectivity index (χ1n) is 8.37. The van der Waals surface area contributed by atoms with Crippen molar-refractivity contribution in [2.45, 2.75) is 39.7 Å². The molecule has 0 N–H and O–H groups in total. The summed E-state index contributed by atoms with van der Waals surface area (Å²) in [5.74, 6) is 1.70. The molecule has 2 aromatic rings. The molecule has 1 amide bonds. The fourth-order valence-electron chi connectivity index (χ4n) is 2.86. The molecule has 1 aliphatic rings. The van der Waals surface area contributed by atoms with Gasteiger partial charge in [0, 0.05) is 24.9 Å². The van der Waals surface area contributed by atoms with Crippen molar-refractivity contribution in [3.63, 3.8) is 0 Å². The largest absolute Gasteiger partial charge is 0.477 e. The molecule has 1 saturated heterocycles. The van der Waals surface area contributed by atoms with E-state index in [0.29, 0.717) is 24.0 Å². The number of aryl methyl sites for hydroxylation is 1. The van der Waals surface area contributed by atoms with Gasteiger partial charge in [-0.3, -0.25) is 4.79 Å². The van der Waals surface area contributed by atoms with Crippen LogP contribution < -0.4 is 4.74 Å². The number of likely N-dealkylation sites (tertiary alicyclic amines) is 1. The lowest BCUT2D eigenvalue weighted by Crippen LogP contribution is -2.30. The van der Waals surface area contributed by atoms with Gasteiger partial charge in [0.1, 0.15) is 0 Å². The Hall–Kier alpha value is -2.37. The van der Waals surface area contributed by atoms with Crippen LogP contribution >= 0.6 is 0 Å². The maximum Gasteiger partial charge on any atom is 0.256 e. The molecule has 0 bridgehead atoms. The maximum absolute atomic E-state index is 12.8. The van der Waals surface area contributed by atoms with E-state index in [0.717, 1.165) is 30.8 Å². The summed E-state index contributed by atoms with van der Waals surface area (Å²) in [4.78, 5) is 18.9. The number of amides is 1. The van der Waals surface area contributed by atoms with Crippen LogP contribution in [0.25, 0.3) is 0 Å². The van der Waals surface area contributed by atoms with Gasteiger partial charge in [-0.25, -0.2) is 4.98 Å². The van der Waals surface area contributed by atoms with Gasteiger partial charge in [-0.15, -0.1) is 0 Å². The average Bonchev–Trinajstić information content (AvgIpc) is 3.21. The summed E-state index contributed by atoms with van der Waals surface area (Å²) >= 11 is 0. The number of ether oxygens (including phenoxy) is 1. The molecule has 6 nitrogen and oxygen atoms in total. The van der Waals surface area contributed by atoms with Gasteiger partial charge in [-0.2, -0.15) is 0 Å². The van der Waals surface area contributed by atoms with Crippen molar-refractivity contribution in [1.82, 2.24) is 15.0 Å². The van der Waals surface area contributed by atoms with Crippen LogP contribution in [-0.4, -0.2) is 34.1 Å². The summed E-state index contributed by atoms with van der Waals surface area (Å²) in [7, 11) is 0.